The molecule has 1 N–H and O–H groups in total. The molecule has 0 fully saturated rings. The molecule has 0 aromatic heterocycles. The van der Waals surface area contributed by atoms with E-state index in [1.807, 2.05) is 36.4 Å². The van der Waals surface area contributed by atoms with Crippen molar-refractivity contribution in [2.75, 3.05) is 6.54 Å². The van der Waals surface area contributed by atoms with Crippen molar-refractivity contribution in [1.82, 2.24) is 0 Å². The lowest BCUT2D eigenvalue weighted by atomic mass is 9.76. The molecule has 0 saturated heterocycles. The van der Waals surface area contributed by atoms with E-state index in [4.69, 9.17) is 5.53 Å². The van der Waals surface area contributed by atoms with Crippen LogP contribution in [0.4, 0.5) is 0 Å². The molecule has 1 aliphatic carbocycles. The summed E-state index contributed by atoms with van der Waals surface area (Å²) in [5, 5.41) is 14.5. The second kappa shape index (κ2) is 5.71. The molecule has 4 heteroatoms. The summed E-state index contributed by atoms with van der Waals surface area (Å²) < 4.78 is 0. The summed E-state index contributed by atoms with van der Waals surface area (Å²) in [6.07, 6.45) is 7.18. The van der Waals surface area contributed by atoms with Gasteiger partial charge in [-0.25, -0.2) is 0 Å². The van der Waals surface area contributed by atoms with Crippen molar-refractivity contribution in [2.24, 2.45) is 11.0 Å². The van der Waals surface area contributed by atoms with Crippen LogP contribution in [0.1, 0.15) is 24.8 Å². The maximum Gasteiger partial charge on any atom is 0.101 e. The van der Waals surface area contributed by atoms with E-state index in [0.29, 0.717) is 0 Å². The van der Waals surface area contributed by atoms with Crippen LogP contribution in [0.5, 0.6) is 0 Å². The Morgan fingerprint density at radius 1 is 1.39 bits per heavy atom. The first-order chi connectivity index (χ1) is 8.77. The van der Waals surface area contributed by atoms with Gasteiger partial charge in [0.1, 0.15) is 5.60 Å². The zero-order chi connectivity index (χ0) is 12.8. The molecule has 0 heterocycles. The van der Waals surface area contributed by atoms with Gasteiger partial charge in [0, 0.05) is 10.8 Å². The van der Waals surface area contributed by atoms with Crippen LogP contribution < -0.4 is 0 Å². The molecule has 2 rings (SSSR count). The number of hydrogen-bond acceptors (Lipinski definition) is 2. The van der Waals surface area contributed by atoms with E-state index in [2.05, 4.69) is 16.1 Å². The van der Waals surface area contributed by atoms with Gasteiger partial charge in [-0.3, -0.25) is 0 Å². The smallest absolute Gasteiger partial charge is 0.101 e. The molecule has 0 unspecified atom stereocenters. The highest BCUT2D eigenvalue weighted by molar-refractivity contribution is 5.26. The number of allylic oxidation sites excluding steroid dienone is 1. The predicted molar refractivity (Wildman–Crippen MR) is 70.8 cm³/mol. The Morgan fingerprint density at radius 3 is 2.78 bits per heavy atom. The van der Waals surface area contributed by atoms with Gasteiger partial charge in [-0.2, -0.15) is 0 Å². The molecular weight excluding hydrogens is 226 g/mol. The fraction of sp³-hybridized carbons (Fsp3) is 0.429. The quantitative estimate of drug-likeness (QED) is 0.373. The van der Waals surface area contributed by atoms with E-state index >= 15 is 0 Å². The molecule has 0 spiro atoms. The molecule has 1 aliphatic rings. The van der Waals surface area contributed by atoms with Gasteiger partial charge >= 0.3 is 0 Å². The summed E-state index contributed by atoms with van der Waals surface area (Å²) in [5.41, 5.74) is 8.23. The van der Waals surface area contributed by atoms with Crippen LogP contribution in [0, 0.1) is 5.92 Å². The molecule has 1 aromatic rings. The lowest BCUT2D eigenvalue weighted by Crippen LogP contribution is -2.38. The number of nitrogens with zero attached hydrogens (tertiary/aromatic N) is 3. The molecule has 0 saturated carbocycles. The minimum Gasteiger partial charge on any atom is -0.384 e. The average Bonchev–Trinajstić information content (AvgIpc) is 2.46. The van der Waals surface area contributed by atoms with Gasteiger partial charge in [0.05, 0.1) is 6.54 Å². The largest absolute Gasteiger partial charge is 0.384 e. The van der Waals surface area contributed by atoms with Crippen LogP contribution in [0.2, 0.25) is 0 Å². The molecule has 0 aliphatic heterocycles. The Kier molecular flexibility index (Phi) is 4.03. The number of hydrogen-bond donors (Lipinski definition) is 1. The van der Waals surface area contributed by atoms with E-state index in [1.165, 1.54) is 0 Å². The van der Waals surface area contributed by atoms with Gasteiger partial charge in [0.2, 0.25) is 0 Å². The van der Waals surface area contributed by atoms with Crippen molar-refractivity contribution in [3.05, 3.63) is 58.5 Å². The fourth-order valence-electron chi connectivity index (χ4n) is 2.50. The maximum absolute atomic E-state index is 10.9. The molecule has 18 heavy (non-hydrogen) atoms. The zero-order valence-corrected chi connectivity index (χ0v) is 10.2. The van der Waals surface area contributed by atoms with Gasteiger partial charge in [0.25, 0.3) is 0 Å². The molecule has 2 atom stereocenters. The first-order valence-corrected chi connectivity index (χ1v) is 6.23. The number of aliphatic hydroxyl groups is 1. The van der Waals surface area contributed by atoms with Crippen molar-refractivity contribution in [3.63, 3.8) is 0 Å². The summed E-state index contributed by atoms with van der Waals surface area (Å²) in [7, 11) is 0. The van der Waals surface area contributed by atoms with Crippen molar-refractivity contribution in [1.29, 1.82) is 0 Å². The van der Waals surface area contributed by atoms with Crippen molar-refractivity contribution in [2.45, 2.75) is 24.9 Å². The third kappa shape index (κ3) is 2.55. The summed E-state index contributed by atoms with van der Waals surface area (Å²) in [6, 6.07) is 9.46. The van der Waals surface area contributed by atoms with Crippen molar-refractivity contribution >= 4 is 0 Å². The topological polar surface area (TPSA) is 69.0 Å². The first-order valence-electron chi connectivity index (χ1n) is 6.23. The standard InChI is InChI=1S/C14H17N3O/c15-17-16-11-14(18,12-7-3-1-4-8-12)13-9-5-2-6-10-13/h1,3-5,7-9,13,18H,2,6,10-11H2/t13-,14+/m0/s1. The van der Waals surface area contributed by atoms with E-state index in [1.54, 1.807) is 0 Å². The summed E-state index contributed by atoms with van der Waals surface area (Å²) in [4.78, 5) is 2.78. The molecule has 94 valence electrons. The lowest BCUT2D eigenvalue weighted by molar-refractivity contribution is -0.00190. The minimum absolute atomic E-state index is 0.0131. The van der Waals surface area contributed by atoms with Crippen LogP contribution in [0.15, 0.2) is 47.6 Å². The Balaban J connectivity index is 2.36. The lowest BCUT2D eigenvalue weighted by Gasteiger charge is -2.35. The maximum atomic E-state index is 10.9. The highest BCUT2D eigenvalue weighted by Crippen LogP contribution is 2.36. The molecule has 0 radical (unpaired) electrons. The molecule has 4 nitrogen and oxygen atoms in total. The second-order valence-electron chi connectivity index (χ2n) is 4.64. The Hall–Kier alpha value is -1.77. The van der Waals surface area contributed by atoms with Crippen LogP contribution in [-0.2, 0) is 5.60 Å². The normalized spacial score (nSPS) is 21.9. The highest BCUT2D eigenvalue weighted by atomic mass is 16.3. The summed E-state index contributed by atoms with van der Waals surface area (Å²) in [5.74, 6) is 0.0131. The molecule has 0 bridgehead atoms. The fourth-order valence-corrected chi connectivity index (χ4v) is 2.50. The molecule has 1 aromatic carbocycles. The van der Waals surface area contributed by atoms with Crippen LogP contribution in [0.25, 0.3) is 10.4 Å². The van der Waals surface area contributed by atoms with Gasteiger partial charge in [0.15, 0.2) is 0 Å². The van der Waals surface area contributed by atoms with E-state index in [9.17, 15) is 5.11 Å². The third-order valence-electron chi connectivity index (χ3n) is 3.52. The van der Waals surface area contributed by atoms with Gasteiger partial charge in [-0.15, -0.1) is 0 Å². The van der Waals surface area contributed by atoms with Crippen LogP contribution in [-0.4, -0.2) is 11.7 Å². The van der Waals surface area contributed by atoms with E-state index < -0.39 is 5.60 Å². The second-order valence-corrected chi connectivity index (χ2v) is 4.64. The number of azide groups is 1. The van der Waals surface area contributed by atoms with E-state index in [0.717, 1.165) is 24.8 Å². The SMILES string of the molecule is [N-]=[N+]=NC[C@@](O)(c1ccccc1)[C@H]1C=CCCC1. The zero-order valence-electron chi connectivity index (χ0n) is 10.2. The number of benzene rings is 1. The summed E-state index contributed by atoms with van der Waals surface area (Å²) >= 11 is 0. The third-order valence-corrected chi connectivity index (χ3v) is 3.52. The van der Waals surface area contributed by atoms with Crippen molar-refractivity contribution < 1.29 is 5.11 Å². The highest BCUT2D eigenvalue weighted by Gasteiger charge is 2.36. The summed E-state index contributed by atoms with van der Waals surface area (Å²) in [6.45, 7) is 0.0719. The average molecular weight is 243 g/mol. The van der Waals surface area contributed by atoms with Gasteiger partial charge in [-0.05, 0) is 30.4 Å². The Morgan fingerprint density at radius 2 is 2.17 bits per heavy atom. The Bertz CT molecular complexity index is 465. The first kappa shape index (κ1) is 12.7. The Labute approximate surface area is 107 Å². The van der Waals surface area contributed by atoms with E-state index in [-0.39, 0.29) is 12.5 Å². The monoisotopic (exact) mass is 243 g/mol. The van der Waals surface area contributed by atoms with Crippen molar-refractivity contribution in [3.8, 4) is 0 Å². The van der Waals surface area contributed by atoms with Crippen LogP contribution in [0.3, 0.4) is 0 Å². The molecular formula is C14H17N3O. The minimum atomic E-state index is -1.09. The van der Waals surface area contributed by atoms with Gasteiger partial charge < -0.3 is 5.11 Å². The number of rotatable bonds is 4. The van der Waals surface area contributed by atoms with Crippen LogP contribution >= 0.6 is 0 Å². The molecule has 0 amide bonds. The predicted octanol–water partition coefficient (Wildman–Crippen LogP) is 3.54. The van der Waals surface area contributed by atoms with Gasteiger partial charge in [-0.1, -0.05) is 47.6 Å².